The summed E-state index contributed by atoms with van der Waals surface area (Å²) in [4.78, 5) is 14.2. The van der Waals surface area contributed by atoms with Crippen molar-refractivity contribution < 1.29 is 9.47 Å². The van der Waals surface area contributed by atoms with E-state index in [1.54, 1.807) is 7.11 Å². The van der Waals surface area contributed by atoms with Gasteiger partial charge in [0.2, 0.25) is 11.8 Å². The van der Waals surface area contributed by atoms with E-state index in [0.717, 1.165) is 74.1 Å². The maximum absolute atomic E-state index is 6.13. The van der Waals surface area contributed by atoms with Crippen molar-refractivity contribution in [3.05, 3.63) is 35.5 Å². The largest absolute Gasteiger partial charge is 0.497 e. The first-order valence-corrected chi connectivity index (χ1v) is 8.88. The van der Waals surface area contributed by atoms with Crippen molar-refractivity contribution in [1.82, 2.24) is 14.9 Å². The van der Waals surface area contributed by atoms with E-state index >= 15 is 0 Å². The fraction of sp³-hybridized carbons (Fsp3) is 0.474. The van der Waals surface area contributed by atoms with E-state index in [-0.39, 0.29) is 0 Å². The molecule has 0 amide bonds. The zero-order valence-corrected chi connectivity index (χ0v) is 14.9. The molecule has 0 radical (unpaired) electrons. The van der Waals surface area contributed by atoms with Crippen LogP contribution >= 0.6 is 0 Å². The maximum atomic E-state index is 6.13. The summed E-state index contributed by atoms with van der Waals surface area (Å²) >= 11 is 0. The Morgan fingerprint density at radius 3 is 2.36 bits per heavy atom. The van der Waals surface area contributed by atoms with Gasteiger partial charge in [0.15, 0.2) is 0 Å². The second-order valence-electron chi connectivity index (χ2n) is 6.68. The first-order chi connectivity index (χ1) is 12.2. The summed E-state index contributed by atoms with van der Waals surface area (Å²) < 4.78 is 11.3. The summed E-state index contributed by atoms with van der Waals surface area (Å²) in [7, 11) is 3.81. The molecule has 0 atom stereocenters. The van der Waals surface area contributed by atoms with E-state index in [0.29, 0.717) is 5.88 Å². The molecule has 2 heterocycles. The van der Waals surface area contributed by atoms with Crippen LogP contribution in [0.2, 0.25) is 0 Å². The van der Waals surface area contributed by atoms with Gasteiger partial charge in [-0.25, -0.2) is 4.98 Å². The van der Waals surface area contributed by atoms with Gasteiger partial charge in [0.25, 0.3) is 0 Å². The monoisotopic (exact) mass is 340 g/mol. The van der Waals surface area contributed by atoms with Gasteiger partial charge in [0, 0.05) is 31.7 Å². The van der Waals surface area contributed by atoms with Crippen molar-refractivity contribution in [2.45, 2.75) is 19.3 Å². The Morgan fingerprint density at radius 2 is 1.64 bits per heavy atom. The van der Waals surface area contributed by atoms with Gasteiger partial charge in [-0.2, -0.15) is 4.98 Å². The fourth-order valence-electron chi connectivity index (χ4n) is 3.37. The number of rotatable bonds is 4. The summed E-state index contributed by atoms with van der Waals surface area (Å²) in [6.07, 6.45) is 3.12. The molecule has 6 nitrogen and oxygen atoms in total. The molecule has 6 heteroatoms. The van der Waals surface area contributed by atoms with Gasteiger partial charge >= 0.3 is 0 Å². The second-order valence-corrected chi connectivity index (χ2v) is 6.68. The van der Waals surface area contributed by atoms with Crippen molar-refractivity contribution >= 4 is 5.95 Å². The number of methoxy groups -OCH3 is 1. The lowest BCUT2D eigenvalue weighted by Crippen LogP contribution is -2.45. The first kappa shape index (κ1) is 16.1. The molecule has 0 saturated carbocycles. The van der Waals surface area contributed by atoms with Crippen LogP contribution in [0.25, 0.3) is 0 Å². The molecule has 1 fully saturated rings. The summed E-state index contributed by atoms with van der Waals surface area (Å²) in [6.45, 7) is 3.98. The van der Waals surface area contributed by atoms with Crippen LogP contribution in [-0.4, -0.2) is 55.2 Å². The first-order valence-electron chi connectivity index (χ1n) is 8.88. The Kier molecular flexibility index (Phi) is 4.44. The third-order valence-electron chi connectivity index (χ3n) is 4.94. The van der Waals surface area contributed by atoms with Crippen LogP contribution in [0.1, 0.15) is 17.7 Å². The lowest BCUT2D eigenvalue weighted by Gasteiger charge is -2.32. The zero-order chi connectivity index (χ0) is 17.2. The minimum atomic E-state index is 0.710. The number of ether oxygens (including phenoxy) is 2. The van der Waals surface area contributed by atoms with Gasteiger partial charge in [0.05, 0.1) is 12.8 Å². The van der Waals surface area contributed by atoms with Crippen LogP contribution in [0.5, 0.6) is 17.4 Å². The predicted octanol–water partition coefficient (Wildman–Crippen LogP) is 2.52. The number of fused-ring (bicyclic) bond motifs is 1. The molecule has 1 saturated heterocycles. The molecular weight excluding hydrogens is 316 g/mol. The molecular formula is C19H24N4O2. The molecule has 0 unspecified atom stereocenters. The van der Waals surface area contributed by atoms with Crippen LogP contribution in [-0.2, 0) is 12.8 Å². The number of hydrogen-bond acceptors (Lipinski definition) is 6. The Hall–Kier alpha value is -2.34. The molecule has 1 aromatic heterocycles. The number of nitrogens with zero attached hydrogens (tertiary/aromatic N) is 4. The molecule has 1 aromatic carbocycles. The Balaban J connectivity index is 1.61. The predicted molar refractivity (Wildman–Crippen MR) is 96.8 cm³/mol. The summed E-state index contributed by atoms with van der Waals surface area (Å²) in [6, 6.07) is 7.63. The maximum Gasteiger partial charge on any atom is 0.228 e. The number of benzene rings is 1. The standard InChI is InChI=1S/C19H24N4O2/c1-22-10-12-23(13-11-22)19-20-17-5-3-4-16(17)18(21-19)25-15-8-6-14(24-2)7-9-15/h6-9H,3-5,10-13H2,1-2H3. The molecule has 25 heavy (non-hydrogen) atoms. The highest BCUT2D eigenvalue weighted by atomic mass is 16.5. The van der Waals surface area contributed by atoms with Crippen LogP contribution in [0.15, 0.2) is 24.3 Å². The van der Waals surface area contributed by atoms with Crippen molar-refractivity contribution in [3.8, 4) is 17.4 Å². The third-order valence-corrected chi connectivity index (χ3v) is 4.94. The molecule has 2 aromatic rings. The second kappa shape index (κ2) is 6.88. The normalized spacial score (nSPS) is 17.4. The Bertz CT molecular complexity index is 740. The molecule has 2 aliphatic rings. The third kappa shape index (κ3) is 3.39. The molecule has 0 N–H and O–H groups in total. The molecule has 1 aliphatic carbocycles. The van der Waals surface area contributed by atoms with Gasteiger partial charge in [-0.1, -0.05) is 0 Å². The number of piperazine rings is 1. The number of aromatic nitrogens is 2. The van der Waals surface area contributed by atoms with E-state index in [9.17, 15) is 0 Å². The van der Waals surface area contributed by atoms with Crippen molar-refractivity contribution in [2.75, 3.05) is 45.2 Å². The van der Waals surface area contributed by atoms with Crippen LogP contribution in [0, 0.1) is 0 Å². The number of hydrogen-bond donors (Lipinski definition) is 0. The van der Waals surface area contributed by atoms with E-state index in [1.165, 1.54) is 0 Å². The molecule has 0 bridgehead atoms. The number of anilines is 1. The van der Waals surface area contributed by atoms with Gasteiger partial charge in [0.1, 0.15) is 11.5 Å². The van der Waals surface area contributed by atoms with E-state index in [4.69, 9.17) is 19.4 Å². The van der Waals surface area contributed by atoms with Crippen molar-refractivity contribution in [1.29, 1.82) is 0 Å². The minimum Gasteiger partial charge on any atom is -0.497 e. The van der Waals surface area contributed by atoms with Gasteiger partial charge in [-0.15, -0.1) is 0 Å². The van der Waals surface area contributed by atoms with Crippen LogP contribution in [0.4, 0.5) is 5.95 Å². The number of likely N-dealkylation sites (N-methyl/N-ethyl adjacent to an activating group) is 1. The average molecular weight is 340 g/mol. The molecule has 0 spiro atoms. The molecule has 4 rings (SSSR count). The minimum absolute atomic E-state index is 0.710. The van der Waals surface area contributed by atoms with Crippen molar-refractivity contribution in [3.63, 3.8) is 0 Å². The zero-order valence-electron chi connectivity index (χ0n) is 14.9. The Morgan fingerprint density at radius 1 is 0.920 bits per heavy atom. The topological polar surface area (TPSA) is 50.7 Å². The van der Waals surface area contributed by atoms with E-state index in [2.05, 4.69) is 16.8 Å². The van der Waals surface area contributed by atoms with Gasteiger partial charge < -0.3 is 19.3 Å². The highest BCUT2D eigenvalue weighted by molar-refractivity contribution is 5.45. The summed E-state index contributed by atoms with van der Waals surface area (Å²) in [5.41, 5.74) is 2.31. The average Bonchev–Trinajstić information content (AvgIpc) is 3.12. The number of aryl methyl sites for hydroxylation is 1. The lowest BCUT2D eigenvalue weighted by atomic mass is 10.2. The molecule has 132 valence electrons. The Labute approximate surface area is 148 Å². The van der Waals surface area contributed by atoms with E-state index in [1.807, 2.05) is 24.3 Å². The molecule has 1 aliphatic heterocycles. The van der Waals surface area contributed by atoms with Crippen LogP contribution < -0.4 is 14.4 Å². The summed E-state index contributed by atoms with van der Waals surface area (Å²) in [5.74, 6) is 3.11. The SMILES string of the molecule is COc1ccc(Oc2nc(N3CCN(C)CC3)nc3c2CCC3)cc1. The van der Waals surface area contributed by atoms with E-state index < -0.39 is 0 Å². The van der Waals surface area contributed by atoms with Crippen LogP contribution in [0.3, 0.4) is 0 Å². The quantitative estimate of drug-likeness (QED) is 0.852. The van der Waals surface area contributed by atoms with Gasteiger partial charge in [-0.3, -0.25) is 0 Å². The summed E-state index contributed by atoms with van der Waals surface area (Å²) in [5, 5.41) is 0. The highest BCUT2D eigenvalue weighted by Gasteiger charge is 2.24. The lowest BCUT2D eigenvalue weighted by molar-refractivity contribution is 0.310. The highest BCUT2D eigenvalue weighted by Crippen LogP contribution is 2.33. The van der Waals surface area contributed by atoms with Crippen molar-refractivity contribution in [2.24, 2.45) is 0 Å². The smallest absolute Gasteiger partial charge is 0.228 e. The van der Waals surface area contributed by atoms with Gasteiger partial charge in [-0.05, 0) is 50.6 Å². The fourth-order valence-corrected chi connectivity index (χ4v) is 3.37.